The molecule has 2 aromatic rings. The molecule has 7 nitrogen and oxygen atoms in total. The van der Waals surface area contributed by atoms with Crippen molar-refractivity contribution in [1.29, 1.82) is 0 Å². The number of nitrogens with zero attached hydrogens (tertiary/aromatic N) is 4. The van der Waals surface area contributed by atoms with Crippen LogP contribution < -0.4 is 5.32 Å². The fraction of sp³-hybridized carbons (Fsp3) is 0.467. The van der Waals surface area contributed by atoms with E-state index < -0.39 is 0 Å². The number of hydrogen-bond donors (Lipinski definition) is 1. The van der Waals surface area contributed by atoms with Gasteiger partial charge in [0.1, 0.15) is 0 Å². The summed E-state index contributed by atoms with van der Waals surface area (Å²) in [7, 11) is 1.64. The Morgan fingerprint density at radius 2 is 2.14 bits per heavy atom. The summed E-state index contributed by atoms with van der Waals surface area (Å²) in [6.45, 7) is 1.89. The van der Waals surface area contributed by atoms with Crippen LogP contribution in [0.25, 0.3) is 0 Å². The fourth-order valence-corrected chi connectivity index (χ4v) is 2.05. The third-order valence-electron chi connectivity index (χ3n) is 3.23. The number of ether oxygens (including phenoxy) is 1. The molecule has 0 saturated carbocycles. The lowest BCUT2D eigenvalue weighted by Crippen LogP contribution is -2.28. The Morgan fingerprint density at radius 1 is 1.32 bits per heavy atom. The minimum Gasteiger partial charge on any atom is -0.385 e. The highest BCUT2D eigenvalue weighted by molar-refractivity contribution is 5.77. The van der Waals surface area contributed by atoms with E-state index in [1.54, 1.807) is 11.8 Å². The Hall–Kier alpha value is -2.28. The Balaban J connectivity index is 1.80. The van der Waals surface area contributed by atoms with Crippen LogP contribution in [0.2, 0.25) is 0 Å². The summed E-state index contributed by atoms with van der Waals surface area (Å²) in [5.74, 6) is 0.507. The Morgan fingerprint density at radius 3 is 2.91 bits per heavy atom. The number of nitrogens with one attached hydrogen (secondary N) is 1. The molecule has 0 spiro atoms. The summed E-state index contributed by atoms with van der Waals surface area (Å²) in [6.07, 6.45) is 1.81. The number of carbonyl (C=O) groups excluding carboxylic acids is 1. The smallest absolute Gasteiger partial charge is 0.227 e. The van der Waals surface area contributed by atoms with Crippen molar-refractivity contribution in [3.8, 4) is 0 Å². The molecule has 118 valence electrons. The van der Waals surface area contributed by atoms with Crippen LogP contribution in [0.3, 0.4) is 0 Å². The van der Waals surface area contributed by atoms with Gasteiger partial charge in [0.2, 0.25) is 5.91 Å². The third kappa shape index (κ3) is 5.25. The average molecular weight is 303 g/mol. The number of tetrazole rings is 1. The van der Waals surface area contributed by atoms with Gasteiger partial charge in [-0.05, 0) is 28.8 Å². The quantitative estimate of drug-likeness (QED) is 0.686. The summed E-state index contributed by atoms with van der Waals surface area (Å²) in [5, 5.41) is 14.4. The molecule has 1 aromatic carbocycles. The van der Waals surface area contributed by atoms with Gasteiger partial charge in [-0.1, -0.05) is 30.3 Å². The molecule has 0 radical (unpaired) electrons. The van der Waals surface area contributed by atoms with Gasteiger partial charge >= 0.3 is 0 Å². The van der Waals surface area contributed by atoms with Gasteiger partial charge in [0, 0.05) is 26.8 Å². The molecule has 1 amide bonds. The van der Waals surface area contributed by atoms with Gasteiger partial charge in [0.05, 0.1) is 6.42 Å². The summed E-state index contributed by atoms with van der Waals surface area (Å²) in [4.78, 5) is 11.8. The first-order valence-electron chi connectivity index (χ1n) is 7.34. The number of rotatable bonds is 9. The van der Waals surface area contributed by atoms with E-state index in [1.165, 1.54) is 5.56 Å². The Kier molecular flexibility index (Phi) is 6.50. The fourth-order valence-electron chi connectivity index (χ4n) is 2.05. The summed E-state index contributed by atoms with van der Waals surface area (Å²) >= 11 is 0. The Bertz CT molecular complexity index is 570. The molecule has 0 aliphatic carbocycles. The van der Waals surface area contributed by atoms with Gasteiger partial charge in [-0.25, -0.2) is 4.68 Å². The first kappa shape index (κ1) is 16.1. The molecular formula is C15H21N5O2. The molecule has 0 fully saturated rings. The Labute approximate surface area is 129 Å². The maximum atomic E-state index is 11.8. The second kappa shape index (κ2) is 8.89. The number of amides is 1. The predicted molar refractivity (Wildman–Crippen MR) is 81.2 cm³/mol. The molecule has 0 atom stereocenters. The topological polar surface area (TPSA) is 81.9 Å². The van der Waals surface area contributed by atoms with Gasteiger partial charge in [0.25, 0.3) is 0 Å². The normalized spacial score (nSPS) is 10.6. The van der Waals surface area contributed by atoms with Crippen LogP contribution in [0.1, 0.15) is 17.8 Å². The standard InChI is InChI=1S/C15H21N5O2/c1-22-11-5-9-16-15(21)12-14-17-18-19-20(14)10-8-13-6-3-2-4-7-13/h2-4,6-7H,5,8-12H2,1H3,(H,16,21). The van der Waals surface area contributed by atoms with Crippen molar-refractivity contribution in [1.82, 2.24) is 25.5 Å². The number of aromatic nitrogens is 4. The van der Waals surface area contributed by atoms with Gasteiger partial charge in [-0.3, -0.25) is 4.79 Å². The number of hydrogen-bond acceptors (Lipinski definition) is 5. The van der Waals surface area contributed by atoms with Crippen molar-refractivity contribution >= 4 is 5.91 Å². The lowest BCUT2D eigenvalue weighted by Gasteiger charge is -2.06. The number of aryl methyl sites for hydroxylation is 2. The van der Waals surface area contributed by atoms with Crippen LogP contribution in [0.5, 0.6) is 0 Å². The molecule has 0 saturated heterocycles. The molecular weight excluding hydrogens is 282 g/mol. The van der Waals surface area contributed by atoms with Crippen molar-refractivity contribution in [2.24, 2.45) is 0 Å². The molecule has 2 rings (SSSR count). The highest BCUT2D eigenvalue weighted by atomic mass is 16.5. The van der Waals surface area contributed by atoms with Crippen LogP contribution in [0.4, 0.5) is 0 Å². The van der Waals surface area contributed by atoms with Crippen molar-refractivity contribution < 1.29 is 9.53 Å². The number of benzene rings is 1. The van der Waals surface area contributed by atoms with Crippen LogP contribution in [0, 0.1) is 0 Å². The van der Waals surface area contributed by atoms with Crippen LogP contribution >= 0.6 is 0 Å². The largest absolute Gasteiger partial charge is 0.385 e. The maximum Gasteiger partial charge on any atom is 0.227 e. The van der Waals surface area contributed by atoms with Crippen LogP contribution in [0.15, 0.2) is 30.3 Å². The molecule has 1 heterocycles. The monoisotopic (exact) mass is 303 g/mol. The third-order valence-corrected chi connectivity index (χ3v) is 3.23. The molecule has 0 unspecified atom stereocenters. The predicted octanol–water partition coefficient (Wildman–Crippen LogP) is 0.611. The molecule has 1 N–H and O–H groups in total. The molecule has 0 aliphatic heterocycles. The van der Waals surface area contributed by atoms with E-state index in [-0.39, 0.29) is 12.3 Å². The van der Waals surface area contributed by atoms with Crippen molar-refractivity contribution in [2.45, 2.75) is 25.8 Å². The molecule has 22 heavy (non-hydrogen) atoms. The van der Waals surface area contributed by atoms with E-state index in [0.29, 0.717) is 25.5 Å². The lowest BCUT2D eigenvalue weighted by molar-refractivity contribution is -0.120. The molecule has 7 heteroatoms. The second-order valence-electron chi connectivity index (χ2n) is 4.93. The van der Waals surface area contributed by atoms with Crippen molar-refractivity contribution in [3.05, 3.63) is 41.7 Å². The first-order valence-corrected chi connectivity index (χ1v) is 7.34. The van der Waals surface area contributed by atoms with Crippen LogP contribution in [-0.2, 0) is 28.9 Å². The second-order valence-corrected chi connectivity index (χ2v) is 4.93. The van der Waals surface area contributed by atoms with Gasteiger partial charge in [0.15, 0.2) is 5.82 Å². The number of methoxy groups -OCH3 is 1. The highest BCUT2D eigenvalue weighted by Gasteiger charge is 2.11. The summed E-state index contributed by atoms with van der Waals surface area (Å²) in [5.41, 5.74) is 1.22. The van der Waals surface area contributed by atoms with Gasteiger partial charge in [-0.15, -0.1) is 5.10 Å². The van der Waals surface area contributed by atoms with E-state index >= 15 is 0 Å². The van der Waals surface area contributed by atoms with Gasteiger partial charge < -0.3 is 10.1 Å². The van der Waals surface area contributed by atoms with Crippen molar-refractivity contribution in [3.63, 3.8) is 0 Å². The first-order chi connectivity index (χ1) is 10.8. The zero-order valence-corrected chi connectivity index (χ0v) is 12.7. The van der Waals surface area contributed by atoms with E-state index in [9.17, 15) is 4.79 Å². The summed E-state index contributed by atoms with van der Waals surface area (Å²) in [6, 6.07) is 10.1. The van der Waals surface area contributed by atoms with Crippen LogP contribution in [-0.4, -0.2) is 46.4 Å². The SMILES string of the molecule is COCCCNC(=O)Cc1nnnn1CCc1ccccc1. The van der Waals surface area contributed by atoms with E-state index in [4.69, 9.17) is 4.74 Å². The lowest BCUT2D eigenvalue weighted by atomic mass is 10.1. The highest BCUT2D eigenvalue weighted by Crippen LogP contribution is 2.02. The van der Waals surface area contributed by atoms with Crippen molar-refractivity contribution in [2.75, 3.05) is 20.3 Å². The minimum atomic E-state index is -0.0770. The minimum absolute atomic E-state index is 0.0770. The zero-order valence-electron chi connectivity index (χ0n) is 12.7. The van der Waals surface area contributed by atoms with E-state index in [0.717, 1.165) is 12.8 Å². The summed E-state index contributed by atoms with van der Waals surface area (Å²) < 4.78 is 6.62. The average Bonchev–Trinajstić information content (AvgIpc) is 2.98. The zero-order chi connectivity index (χ0) is 15.6. The maximum absolute atomic E-state index is 11.8. The molecule has 1 aromatic heterocycles. The molecule has 0 aliphatic rings. The van der Waals surface area contributed by atoms with E-state index in [1.807, 2.05) is 18.2 Å². The molecule has 0 bridgehead atoms. The van der Waals surface area contributed by atoms with Gasteiger partial charge in [-0.2, -0.15) is 0 Å². The number of carbonyl (C=O) groups is 1. The van der Waals surface area contributed by atoms with E-state index in [2.05, 4.69) is 33.0 Å².